The maximum absolute atomic E-state index is 3.17. The third kappa shape index (κ3) is 4.18. The Kier molecular flexibility index (Phi) is 2.50. The summed E-state index contributed by atoms with van der Waals surface area (Å²) in [4.78, 5) is 3.17. The van der Waals surface area contributed by atoms with E-state index < -0.39 is 8.96 Å². The first kappa shape index (κ1) is 5.18. The average Bonchev–Trinajstić information content (AvgIpc) is 1.38. The highest BCUT2D eigenvalue weighted by atomic mass is 28.3. The summed E-state index contributed by atoms with van der Waals surface area (Å²) >= 11 is 0. The summed E-state index contributed by atoms with van der Waals surface area (Å²) in [5.74, 6) is 0. The molecule has 1 N–H and O–H groups in total. The molecule has 32 valence electrons. The SMILES string of the molecule is CN[SiH](C)C. The minimum absolute atomic E-state index is 0.400. The van der Waals surface area contributed by atoms with Gasteiger partial charge in [0.05, 0.1) is 0 Å². The first-order valence-electron chi connectivity index (χ1n) is 1.94. The molecule has 0 aromatic heterocycles. The third-order valence-corrected chi connectivity index (χ3v) is 1.73. The summed E-state index contributed by atoms with van der Waals surface area (Å²) in [6, 6.07) is 0. The van der Waals surface area contributed by atoms with Crippen LogP contribution in [0.15, 0.2) is 0 Å². The summed E-state index contributed by atoms with van der Waals surface area (Å²) < 4.78 is 0. The van der Waals surface area contributed by atoms with Crippen LogP contribution >= 0.6 is 0 Å². The molecular formula is C3H11NSi. The van der Waals surface area contributed by atoms with Gasteiger partial charge < -0.3 is 4.98 Å². The maximum atomic E-state index is 3.17. The summed E-state index contributed by atoms with van der Waals surface area (Å²) in [5, 5.41) is 0. The lowest BCUT2D eigenvalue weighted by molar-refractivity contribution is 1.21. The molecular weight excluding hydrogens is 78.1 g/mol. The van der Waals surface area contributed by atoms with Crippen molar-refractivity contribution in [1.29, 1.82) is 0 Å². The number of nitrogens with one attached hydrogen (secondary N) is 1. The van der Waals surface area contributed by atoms with Crippen molar-refractivity contribution < 1.29 is 0 Å². The minimum atomic E-state index is -0.400. The predicted octanol–water partition coefficient (Wildman–Crippen LogP) is 0.189. The zero-order valence-electron chi connectivity index (χ0n) is 4.08. The Bertz CT molecular complexity index is 20.9. The minimum Gasteiger partial charge on any atom is -0.343 e. The number of hydrogen-bond acceptors (Lipinski definition) is 1. The Morgan fingerprint density at radius 3 is 1.60 bits per heavy atom. The monoisotopic (exact) mass is 89.1 g/mol. The molecule has 0 aliphatic rings. The van der Waals surface area contributed by atoms with Gasteiger partial charge >= 0.3 is 0 Å². The normalized spacial score (nSPS) is 9.60. The molecule has 0 atom stereocenters. The van der Waals surface area contributed by atoms with Crippen LogP contribution in [0, 0.1) is 0 Å². The summed E-state index contributed by atoms with van der Waals surface area (Å²) in [5.41, 5.74) is 0. The fourth-order valence-electron chi connectivity index (χ4n) is 0. The average molecular weight is 89.2 g/mol. The first-order chi connectivity index (χ1) is 2.27. The van der Waals surface area contributed by atoms with E-state index in [1.165, 1.54) is 0 Å². The summed E-state index contributed by atoms with van der Waals surface area (Å²) in [7, 11) is 1.61. The Labute approximate surface area is 35.1 Å². The van der Waals surface area contributed by atoms with Gasteiger partial charge in [0.15, 0.2) is 0 Å². The Morgan fingerprint density at radius 1 is 1.40 bits per heavy atom. The molecule has 0 amide bonds. The van der Waals surface area contributed by atoms with Crippen molar-refractivity contribution in [3.63, 3.8) is 0 Å². The number of rotatable bonds is 1. The molecule has 0 aromatic carbocycles. The molecule has 0 aromatic rings. The van der Waals surface area contributed by atoms with Gasteiger partial charge in [-0.2, -0.15) is 0 Å². The topological polar surface area (TPSA) is 12.0 Å². The molecule has 0 rings (SSSR count). The van der Waals surface area contributed by atoms with E-state index in [1.807, 2.05) is 7.05 Å². The van der Waals surface area contributed by atoms with Crippen LogP contribution in [0.2, 0.25) is 13.1 Å². The van der Waals surface area contributed by atoms with Gasteiger partial charge in [-0.25, -0.2) is 0 Å². The second-order valence-electron chi connectivity index (χ2n) is 1.44. The maximum Gasteiger partial charge on any atom is 0.102 e. The van der Waals surface area contributed by atoms with Crippen LogP contribution in [0.4, 0.5) is 0 Å². The lowest BCUT2D eigenvalue weighted by Crippen LogP contribution is -2.21. The lowest BCUT2D eigenvalue weighted by Gasteiger charge is -1.92. The van der Waals surface area contributed by atoms with E-state index in [0.29, 0.717) is 0 Å². The molecule has 2 heteroatoms. The van der Waals surface area contributed by atoms with Crippen LogP contribution < -0.4 is 4.98 Å². The largest absolute Gasteiger partial charge is 0.343 e. The van der Waals surface area contributed by atoms with Crippen molar-refractivity contribution in [2.75, 3.05) is 7.05 Å². The smallest absolute Gasteiger partial charge is 0.102 e. The van der Waals surface area contributed by atoms with E-state index >= 15 is 0 Å². The van der Waals surface area contributed by atoms with E-state index in [4.69, 9.17) is 0 Å². The quantitative estimate of drug-likeness (QED) is 0.452. The van der Waals surface area contributed by atoms with Crippen molar-refractivity contribution in [1.82, 2.24) is 4.98 Å². The Morgan fingerprint density at radius 2 is 1.60 bits per heavy atom. The molecule has 0 aliphatic carbocycles. The van der Waals surface area contributed by atoms with Crippen molar-refractivity contribution >= 4 is 8.96 Å². The van der Waals surface area contributed by atoms with Crippen molar-refractivity contribution in [2.45, 2.75) is 13.1 Å². The highest BCUT2D eigenvalue weighted by Gasteiger charge is 1.80. The molecule has 1 nitrogen and oxygen atoms in total. The van der Waals surface area contributed by atoms with Crippen LogP contribution in [0.5, 0.6) is 0 Å². The highest BCUT2D eigenvalue weighted by molar-refractivity contribution is 6.52. The van der Waals surface area contributed by atoms with Crippen molar-refractivity contribution in [2.24, 2.45) is 0 Å². The second kappa shape index (κ2) is 2.42. The molecule has 0 aliphatic heterocycles. The van der Waals surface area contributed by atoms with Crippen LogP contribution in [0.3, 0.4) is 0 Å². The van der Waals surface area contributed by atoms with E-state index in [-0.39, 0.29) is 0 Å². The van der Waals surface area contributed by atoms with E-state index in [1.54, 1.807) is 0 Å². The highest BCUT2D eigenvalue weighted by Crippen LogP contribution is 1.62. The van der Waals surface area contributed by atoms with Gasteiger partial charge in [-0.15, -0.1) is 0 Å². The molecule has 0 radical (unpaired) electrons. The van der Waals surface area contributed by atoms with E-state index in [0.717, 1.165) is 0 Å². The Balaban J connectivity index is 2.54. The van der Waals surface area contributed by atoms with Gasteiger partial charge in [0.2, 0.25) is 0 Å². The standard InChI is InChI=1S/C3H11NSi/c1-4-5(2)3/h4-5H,1-3H3. The third-order valence-electron chi connectivity index (χ3n) is 0.577. The van der Waals surface area contributed by atoms with Gasteiger partial charge in [-0.05, 0) is 7.05 Å². The number of hydrogen-bond donors (Lipinski definition) is 1. The summed E-state index contributed by atoms with van der Waals surface area (Å²) in [6.07, 6.45) is 0. The van der Waals surface area contributed by atoms with Crippen LogP contribution in [-0.2, 0) is 0 Å². The van der Waals surface area contributed by atoms with Crippen LogP contribution in [0.1, 0.15) is 0 Å². The van der Waals surface area contributed by atoms with E-state index in [9.17, 15) is 0 Å². The van der Waals surface area contributed by atoms with Crippen LogP contribution in [0.25, 0.3) is 0 Å². The van der Waals surface area contributed by atoms with Crippen molar-refractivity contribution in [3.05, 3.63) is 0 Å². The second-order valence-corrected chi connectivity index (χ2v) is 4.33. The molecule has 0 heterocycles. The molecule has 0 bridgehead atoms. The van der Waals surface area contributed by atoms with Gasteiger partial charge in [0.1, 0.15) is 8.96 Å². The molecule has 0 saturated heterocycles. The first-order valence-corrected chi connectivity index (χ1v) is 4.83. The van der Waals surface area contributed by atoms with Gasteiger partial charge in [0, 0.05) is 0 Å². The fourth-order valence-corrected chi connectivity index (χ4v) is 0. The van der Waals surface area contributed by atoms with Crippen molar-refractivity contribution in [3.8, 4) is 0 Å². The van der Waals surface area contributed by atoms with Gasteiger partial charge in [-0.3, -0.25) is 0 Å². The molecule has 5 heavy (non-hydrogen) atoms. The predicted molar refractivity (Wildman–Crippen MR) is 27.9 cm³/mol. The van der Waals surface area contributed by atoms with Gasteiger partial charge in [0.25, 0.3) is 0 Å². The Hall–Kier alpha value is 0.177. The zero-order chi connectivity index (χ0) is 4.28. The molecule has 0 spiro atoms. The molecule has 0 fully saturated rings. The zero-order valence-corrected chi connectivity index (χ0v) is 5.23. The van der Waals surface area contributed by atoms with Crippen LogP contribution in [-0.4, -0.2) is 16.0 Å². The van der Waals surface area contributed by atoms with Gasteiger partial charge in [-0.1, -0.05) is 13.1 Å². The lowest BCUT2D eigenvalue weighted by atomic mass is 11.6. The molecule has 0 saturated carbocycles. The van der Waals surface area contributed by atoms with E-state index in [2.05, 4.69) is 18.1 Å². The fraction of sp³-hybridized carbons (Fsp3) is 1.00. The molecule has 0 unspecified atom stereocenters. The summed E-state index contributed by atoms with van der Waals surface area (Å²) in [6.45, 7) is 4.50.